The van der Waals surface area contributed by atoms with Gasteiger partial charge in [0.15, 0.2) is 0 Å². The van der Waals surface area contributed by atoms with Gasteiger partial charge in [0.2, 0.25) is 11.7 Å². The minimum absolute atomic E-state index is 0.0534. The summed E-state index contributed by atoms with van der Waals surface area (Å²) in [6.07, 6.45) is 0. The molecule has 0 aliphatic carbocycles. The van der Waals surface area contributed by atoms with Crippen molar-refractivity contribution in [1.82, 2.24) is 10.3 Å². The topological polar surface area (TPSA) is 89.3 Å². The minimum atomic E-state index is -0.470. The highest BCUT2D eigenvalue weighted by Gasteiger charge is 2.15. The van der Waals surface area contributed by atoms with Crippen LogP contribution < -0.4 is 15.4 Å². The van der Waals surface area contributed by atoms with Gasteiger partial charge in [-0.2, -0.15) is 4.98 Å². The number of anilines is 1. The largest absolute Gasteiger partial charge is 0.481 e. The van der Waals surface area contributed by atoms with E-state index in [9.17, 15) is 10.1 Å². The third-order valence-electron chi connectivity index (χ3n) is 2.10. The highest BCUT2D eigenvalue weighted by atomic mass is 16.6. The lowest BCUT2D eigenvalue weighted by molar-refractivity contribution is -0.384. The van der Waals surface area contributed by atoms with Crippen LogP contribution in [0.5, 0.6) is 5.88 Å². The summed E-state index contributed by atoms with van der Waals surface area (Å²) >= 11 is 0. The van der Waals surface area contributed by atoms with Gasteiger partial charge in [0.1, 0.15) is 0 Å². The molecule has 17 heavy (non-hydrogen) atoms. The summed E-state index contributed by atoms with van der Waals surface area (Å²) in [6.45, 7) is 4.13. The Balaban J connectivity index is 2.75. The zero-order valence-corrected chi connectivity index (χ0v) is 9.90. The molecule has 0 saturated heterocycles. The van der Waals surface area contributed by atoms with Gasteiger partial charge in [-0.1, -0.05) is 6.92 Å². The van der Waals surface area contributed by atoms with E-state index < -0.39 is 4.92 Å². The van der Waals surface area contributed by atoms with Crippen LogP contribution in [0, 0.1) is 10.1 Å². The van der Waals surface area contributed by atoms with Crippen molar-refractivity contribution in [3.05, 3.63) is 22.2 Å². The highest BCUT2D eigenvalue weighted by Crippen LogP contribution is 2.24. The van der Waals surface area contributed by atoms with Crippen LogP contribution >= 0.6 is 0 Å². The van der Waals surface area contributed by atoms with E-state index in [-0.39, 0.29) is 11.5 Å². The fourth-order valence-corrected chi connectivity index (χ4v) is 1.27. The van der Waals surface area contributed by atoms with Crippen molar-refractivity contribution >= 4 is 11.5 Å². The summed E-state index contributed by atoms with van der Waals surface area (Å²) in [6, 6.07) is 2.84. The van der Waals surface area contributed by atoms with Gasteiger partial charge in [-0.15, -0.1) is 0 Å². The Kier molecular flexibility index (Phi) is 5.15. The standard InChI is InChI=1S/C10H16N4O3/c1-3-11-6-7-12-10-8(14(15)16)4-5-9(13-10)17-2/h4-5,11H,3,6-7H2,1-2H3,(H,12,13). The van der Waals surface area contributed by atoms with Crippen molar-refractivity contribution in [3.8, 4) is 5.88 Å². The van der Waals surface area contributed by atoms with E-state index >= 15 is 0 Å². The fraction of sp³-hybridized carbons (Fsp3) is 0.500. The van der Waals surface area contributed by atoms with Crippen LogP contribution in [0.2, 0.25) is 0 Å². The van der Waals surface area contributed by atoms with Crippen LogP contribution in [0.25, 0.3) is 0 Å². The van der Waals surface area contributed by atoms with Gasteiger partial charge in [-0.3, -0.25) is 10.1 Å². The van der Waals surface area contributed by atoms with Crippen LogP contribution in [0.3, 0.4) is 0 Å². The summed E-state index contributed by atoms with van der Waals surface area (Å²) < 4.78 is 4.93. The zero-order valence-electron chi connectivity index (χ0n) is 9.90. The number of hydrogen-bond donors (Lipinski definition) is 2. The molecule has 0 aliphatic rings. The molecule has 0 bridgehead atoms. The summed E-state index contributed by atoms with van der Waals surface area (Å²) in [4.78, 5) is 14.3. The number of methoxy groups -OCH3 is 1. The average Bonchev–Trinajstić information content (AvgIpc) is 2.34. The lowest BCUT2D eigenvalue weighted by atomic mass is 10.4. The van der Waals surface area contributed by atoms with E-state index in [0.29, 0.717) is 19.0 Å². The average molecular weight is 240 g/mol. The first-order valence-corrected chi connectivity index (χ1v) is 5.33. The molecule has 7 nitrogen and oxygen atoms in total. The molecule has 7 heteroatoms. The Hall–Kier alpha value is -1.89. The lowest BCUT2D eigenvalue weighted by Crippen LogP contribution is -2.22. The normalized spacial score (nSPS) is 10.0. The van der Waals surface area contributed by atoms with Crippen molar-refractivity contribution in [2.45, 2.75) is 6.92 Å². The van der Waals surface area contributed by atoms with Crippen LogP contribution in [0.15, 0.2) is 12.1 Å². The highest BCUT2D eigenvalue weighted by molar-refractivity contribution is 5.56. The molecule has 0 amide bonds. The van der Waals surface area contributed by atoms with Crippen LogP contribution in [-0.4, -0.2) is 36.7 Å². The second kappa shape index (κ2) is 6.64. The predicted molar refractivity (Wildman–Crippen MR) is 64.5 cm³/mol. The van der Waals surface area contributed by atoms with Gasteiger partial charge in [0.25, 0.3) is 0 Å². The minimum Gasteiger partial charge on any atom is -0.481 e. The van der Waals surface area contributed by atoms with Gasteiger partial charge in [0, 0.05) is 25.2 Å². The van der Waals surface area contributed by atoms with Crippen LogP contribution in [-0.2, 0) is 0 Å². The number of hydrogen-bond acceptors (Lipinski definition) is 6. The molecule has 0 fully saturated rings. The smallest absolute Gasteiger partial charge is 0.311 e. The number of likely N-dealkylation sites (N-methyl/N-ethyl adjacent to an activating group) is 1. The van der Waals surface area contributed by atoms with E-state index in [1.54, 1.807) is 0 Å². The molecule has 0 aliphatic heterocycles. The van der Waals surface area contributed by atoms with E-state index in [2.05, 4.69) is 15.6 Å². The molecular weight excluding hydrogens is 224 g/mol. The molecule has 0 aromatic carbocycles. The molecule has 2 N–H and O–H groups in total. The Labute approximate surface area is 99.3 Å². The van der Waals surface area contributed by atoms with Gasteiger partial charge >= 0.3 is 5.69 Å². The molecule has 0 saturated carbocycles. The molecule has 1 aromatic heterocycles. The van der Waals surface area contributed by atoms with Crippen molar-refractivity contribution in [2.75, 3.05) is 32.1 Å². The Morgan fingerprint density at radius 3 is 2.82 bits per heavy atom. The third kappa shape index (κ3) is 3.87. The molecule has 1 heterocycles. The predicted octanol–water partition coefficient (Wildman–Crippen LogP) is 1.02. The number of nitrogens with one attached hydrogen (secondary N) is 2. The number of rotatable bonds is 7. The first-order chi connectivity index (χ1) is 8.19. The third-order valence-corrected chi connectivity index (χ3v) is 2.10. The lowest BCUT2D eigenvalue weighted by Gasteiger charge is -2.07. The molecule has 0 unspecified atom stereocenters. The maximum Gasteiger partial charge on any atom is 0.311 e. The number of ether oxygens (including phenoxy) is 1. The Morgan fingerprint density at radius 1 is 1.47 bits per heavy atom. The maximum absolute atomic E-state index is 10.8. The van der Waals surface area contributed by atoms with Crippen molar-refractivity contribution in [2.24, 2.45) is 0 Å². The molecule has 1 rings (SSSR count). The maximum atomic E-state index is 10.8. The Morgan fingerprint density at radius 2 is 2.24 bits per heavy atom. The molecule has 0 radical (unpaired) electrons. The molecule has 0 spiro atoms. The van der Waals surface area contributed by atoms with Gasteiger partial charge in [-0.25, -0.2) is 0 Å². The molecule has 94 valence electrons. The summed E-state index contributed by atoms with van der Waals surface area (Å²) in [5.74, 6) is 0.578. The van der Waals surface area contributed by atoms with E-state index in [4.69, 9.17) is 4.74 Å². The molecular formula is C10H16N4O3. The van der Waals surface area contributed by atoms with Crippen molar-refractivity contribution < 1.29 is 9.66 Å². The van der Waals surface area contributed by atoms with Crippen LogP contribution in [0.1, 0.15) is 6.92 Å². The first kappa shape index (κ1) is 13.2. The second-order valence-electron chi connectivity index (χ2n) is 3.26. The summed E-state index contributed by atoms with van der Waals surface area (Å²) in [7, 11) is 1.47. The second-order valence-corrected chi connectivity index (χ2v) is 3.26. The zero-order chi connectivity index (χ0) is 12.7. The summed E-state index contributed by atoms with van der Waals surface area (Å²) in [5, 5.41) is 16.8. The SMILES string of the molecule is CCNCCNc1nc(OC)ccc1[N+](=O)[O-]. The quantitative estimate of drug-likeness (QED) is 0.420. The van der Waals surface area contributed by atoms with Gasteiger partial charge in [0.05, 0.1) is 12.0 Å². The number of aromatic nitrogens is 1. The molecule has 0 atom stereocenters. The van der Waals surface area contributed by atoms with Crippen LogP contribution in [0.4, 0.5) is 11.5 Å². The van der Waals surface area contributed by atoms with Crippen molar-refractivity contribution in [3.63, 3.8) is 0 Å². The van der Waals surface area contributed by atoms with Gasteiger partial charge in [-0.05, 0) is 6.54 Å². The Bertz CT molecular complexity index is 384. The van der Waals surface area contributed by atoms with E-state index in [0.717, 1.165) is 6.54 Å². The van der Waals surface area contributed by atoms with E-state index in [1.165, 1.54) is 19.2 Å². The number of nitrogens with zero attached hydrogens (tertiary/aromatic N) is 2. The van der Waals surface area contributed by atoms with Gasteiger partial charge < -0.3 is 15.4 Å². The number of pyridine rings is 1. The number of nitro groups is 1. The van der Waals surface area contributed by atoms with E-state index in [1.807, 2.05) is 6.92 Å². The first-order valence-electron chi connectivity index (χ1n) is 5.33. The van der Waals surface area contributed by atoms with Crippen molar-refractivity contribution in [1.29, 1.82) is 0 Å². The monoisotopic (exact) mass is 240 g/mol. The summed E-state index contributed by atoms with van der Waals surface area (Å²) in [5.41, 5.74) is -0.0534. The molecule has 1 aromatic rings. The fourth-order valence-electron chi connectivity index (χ4n) is 1.27.